The van der Waals surface area contributed by atoms with E-state index in [1.807, 2.05) is 0 Å². The first kappa shape index (κ1) is 34.2. The van der Waals surface area contributed by atoms with Crippen LogP contribution in [0.4, 0.5) is 0 Å². The second-order valence-corrected chi connectivity index (χ2v) is 17.3. The lowest BCUT2D eigenvalue weighted by Gasteiger charge is -2.22. The zero-order chi connectivity index (χ0) is 40.4. The van der Waals surface area contributed by atoms with Crippen LogP contribution in [0.3, 0.4) is 0 Å². The molecule has 0 aliphatic heterocycles. The summed E-state index contributed by atoms with van der Waals surface area (Å²) in [5.41, 5.74) is 17.5. The van der Waals surface area contributed by atoms with Crippen molar-refractivity contribution in [3.63, 3.8) is 0 Å². The molecule has 2 nitrogen and oxygen atoms in total. The van der Waals surface area contributed by atoms with Crippen LogP contribution in [0.5, 0.6) is 0 Å². The maximum atomic E-state index is 2.45. The number of benzene rings is 10. The van der Waals surface area contributed by atoms with Gasteiger partial charge in [0.25, 0.3) is 0 Å². The van der Waals surface area contributed by atoms with Crippen molar-refractivity contribution in [1.29, 1.82) is 0 Å². The second-order valence-electron chi connectivity index (χ2n) is 17.3. The van der Waals surface area contributed by atoms with Gasteiger partial charge in [0, 0.05) is 37.7 Å². The van der Waals surface area contributed by atoms with Gasteiger partial charge in [0.2, 0.25) is 0 Å². The molecule has 0 saturated heterocycles. The Labute approximate surface area is 354 Å². The summed E-state index contributed by atoms with van der Waals surface area (Å²) in [6.07, 6.45) is 0. The van der Waals surface area contributed by atoms with E-state index in [0.29, 0.717) is 0 Å². The van der Waals surface area contributed by atoms with Crippen molar-refractivity contribution in [1.82, 2.24) is 9.13 Å². The third-order valence-electron chi connectivity index (χ3n) is 13.7. The minimum Gasteiger partial charge on any atom is -0.309 e. The van der Waals surface area contributed by atoms with Crippen LogP contribution in [0, 0.1) is 0 Å². The van der Waals surface area contributed by atoms with E-state index in [1.165, 1.54) is 121 Å². The van der Waals surface area contributed by atoms with Crippen LogP contribution >= 0.6 is 0 Å². The summed E-state index contributed by atoms with van der Waals surface area (Å²) in [6, 6.07) is 76.6. The van der Waals surface area contributed by atoms with Crippen molar-refractivity contribution < 1.29 is 0 Å². The van der Waals surface area contributed by atoms with E-state index in [2.05, 4.69) is 229 Å². The molecule has 0 bridgehead atoms. The fourth-order valence-electron chi connectivity index (χ4n) is 10.7. The van der Waals surface area contributed by atoms with E-state index in [4.69, 9.17) is 0 Å². The zero-order valence-corrected chi connectivity index (χ0v) is 34.0. The van der Waals surface area contributed by atoms with Gasteiger partial charge in [0.15, 0.2) is 0 Å². The van der Waals surface area contributed by atoms with Gasteiger partial charge in [-0.2, -0.15) is 0 Å². The molecule has 0 saturated carbocycles. The Balaban J connectivity index is 0.898. The molecule has 0 atom stereocenters. The summed E-state index contributed by atoms with van der Waals surface area (Å²) in [5, 5.41) is 10.1. The molecule has 1 aliphatic carbocycles. The molecule has 286 valence electrons. The predicted molar refractivity (Wildman–Crippen MR) is 259 cm³/mol. The Morgan fingerprint density at radius 1 is 0.295 bits per heavy atom. The smallest absolute Gasteiger partial charge is 0.0541 e. The van der Waals surface area contributed by atoms with Crippen LogP contribution in [-0.4, -0.2) is 9.13 Å². The van der Waals surface area contributed by atoms with Crippen LogP contribution in [0.25, 0.3) is 110 Å². The largest absolute Gasteiger partial charge is 0.309 e. The van der Waals surface area contributed by atoms with Gasteiger partial charge >= 0.3 is 0 Å². The number of rotatable bonds is 4. The van der Waals surface area contributed by atoms with Gasteiger partial charge in [-0.1, -0.05) is 159 Å². The van der Waals surface area contributed by atoms with E-state index >= 15 is 0 Å². The van der Waals surface area contributed by atoms with Gasteiger partial charge in [-0.15, -0.1) is 0 Å². The van der Waals surface area contributed by atoms with E-state index in [-0.39, 0.29) is 5.41 Å². The predicted octanol–water partition coefficient (Wildman–Crippen LogP) is 15.8. The molecule has 0 fully saturated rings. The quantitative estimate of drug-likeness (QED) is 0.168. The van der Waals surface area contributed by atoms with Crippen molar-refractivity contribution in [3.05, 3.63) is 217 Å². The molecule has 13 rings (SSSR count). The fraction of sp³-hybridized carbons (Fsp3) is 0.0508. The zero-order valence-electron chi connectivity index (χ0n) is 34.0. The molecule has 61 heavy (non-hydrogen) atoms. The number of nitrogens with zero attached hydrogens (tertiary/aromatic N) is 2. The first-order valence-corrected chi connectivity index (χ1v) is 21.3. The lowest BCUT2D eigenvalue weighted by atomic mass is 9.80. The Morgan fingerprint density at radius 2 is 0.656 bits per heavy atom. The van der Waals surface area contributed by atoms with E-state index in [1.54, 1.807) is 0 Å². The summed E-state index contributed by atoms with van der Waals surface area (Å²) < 4.78 is 4.88. The van der Waals surface area contributed by atoms with Crippen molar-refractivity contribution in [2.75, 3.05) is 0 Å². The third kappa shape index (κ3) is 4.91. The highest BCUT2D eigenvalue weighted by Gasteiger charge is 2.36. The maximum Gasteiger partial charge on any atom is 0.0541 e. The van der Waals surface area contributed by atoms with Crippen molar-refractivity contribution in [2.45, 2.75) is 19.3 Å². The fourth-order valence-corrected chi connectivity index (χ4v) is 10.7. The minimum atomic E-state index is -0.167. The van der Waals surface area contributed by atoms with Crippen molar-refractivity contribution in [2.24, 2.45) is 0 Å². The van der Waals surface area contributed by atoms with Crippen LogP contribution < -0.4 is 0 Å². The molecule has 0 amide bonds. The molecule has 2 heteroatoms. The molecule has 1 aliphatic rings. The van der Waals surface area contributed by atoms with Gasteiger partial charge in [0.05, 0.1) is 33.4 Å². The average Bonchev–Trinajstić information content (AvgIpc) is 3.90. The van der Waals surface area contributed by atoms with Crippen LogP contribution in [0.1, 0.15) is 25.0 Å². The molecule has 12 aromatic rings. The molecular weight excluding hydrogens is 737 g/mol. The Bertz CT molecular complexity index is 3540. The monoisotopic (exact) mass is 776 g/mol. The third-order valence-corrected chi connectivity index (χ3v) is 13.7. The van der Waals surface area contributed by atoms with E-state index < -0.39 is 0 Å². The highest BCUT2D eigenvalue weighted by Crippen LogP contribution is 2.51. The van der Waals surface area contributed by atoms with Gasteiger partial charge in [-0.25, -0.2) is 0 Å². The van der Waals surface area contributed by atoms with E-state index in [9.17, 15) is 0 Å². The lowest BCUT2D eigenvalue weighted by molar-refractivity contribution is 0.661. The average molecular weight is 777 g/mol. The summed E-state index contributed by atoms with van der Waals surface area (Å²) in [5.74, 6) is 0. The Morgan fingerprint density at radius 3 is 1.13 bits per heavy atom. The lowest BCUT2D eigenvalue weighted by Crippen LogP contribution is -2.15. The molecule has 10 aromatic carbocycles. The summed E-state index contributed by atoms with van der Waals surface area (Å²) in [7, 11) is 0. The molecule has 2 aromatic heterocycles. The van der Waals surface area contributed by atoms with Gasteiger partial charge < -0.3 is 9.13 Å². The van der Waals surface area contributed by atoms with Gasteiger partial charge in [-0.05, 0) is 116 Å². The standard InChI is InChI=1S/C59H40N2/c1-59(2)51-35-41(39-27-31-57-49(33-39)47-19-7-9-21-55(47)60(57)53-23-11-15-37-13-3-5-17-43(37)53)25-29-45(51)46-30-26-42(36-52(46)59)40-28-32-58-50(34-40)48-20-8-10-22-56(48)61(58)54-24-12-16-38-14-4-6-18-44(38)54/h3-36H,1-2H3. The molecule has 2 heterocycles. The number of hydrogen-bond acceptors (Lipinski definition) is 0. The highest BCUT2D eigenvalue weighted by molar-refractivity contribution is 6.13. The topological polar surface area (TPSA) is 9.86 Å². The Hall–Kier alpha value is -7.68. The second kappa shape index (κ2) is 12.7. The molecule has 0 spiro atoms. The normalized spacial score (nSPS) is 13.2. The van der Waals surface area contributed by atoms with E-state index in [0.717, 1.165) is 0 Å². The number of para-hydroxylation sites is 2. The molecule has 0 N–H and O–H groups in total. The summed E-state index contributed by atoms with van der Waals surface area (Å²) >= 11 is 0. The van der Waals surface area contributed by atoms with Gasteiger partial charge in [0.1, 0.15) is 0 Å². The van der Waals surface area contributed by atoms with Gasteiger partial charge in [-0.3, -0.25) is 0 Å². The van der Waals surface area contributed by atoms with Crippen LogP contribution in [-0.2, 0) is 5.41 Å². The number of aromatic nitrogens is 2. The summed E-state index contributed by atoms with van der Waals surface area (Å²) in [4.78, 5) is 0. The number of hydrogen-bond donors (Lipinski definition) is 0. The highest BCUT2D eigenvalue weighted by atomic mass is 15.0. The van der Waals surface area contributed by atoms with Crippen LogP contribution in [0.15, 0.2) is 206 Å². The first-order valence-electron chi connectivity index (χ1n) is 21.3. The number of fused-ring (bicyclic) bond motifs is 11. The van der Waals surface area contributed by atoms with Crippen molar-refractivity contribution >= 4 is 65.2 Å². The SMILES string of the molecule is CC1(C)c2cc(-c3ccc4c(c3)c3ccccc3n4-c3cccc4ccccc34)ccc2-c2ccc(-c3ccc4c(c3)c3ccccc3n4-c3cccc4ccccc34)cc21. The van der Waals surface area contributed by atoms with Crippen molar-refractivity contribution in [3.8, 4) is 44.8 Å². The Kier molecular flexibility index (Phi) is 7.10. The van der Waals surface area contributed by atoms with Crippen LogP contribution in [0.2, 0.25) is 0 Å². The molecule has 0 unspecified atom stereocenters. The maximum absolute atomic E-state index is 2.45. The summed E-state index contributed by atoms with van der Waals surface area (Å²) in [6.45, 7) is 4.79. The minimum absolute atomic E-state index is 0.167. The first-order chi connectivity index (χ1) is 30.0. The molecular formula is C59H40N2. The molecule has 0 radical (unpaired) electrons.